The van der Waals surface area contributed by atoms with Crippen molar-refractivity contribution in [2.45, 2.75) is 26.4 Å². The molecule has 1 atom stereocenters. The molecule has 0 aromatic heterocycles. The molecule has 0 spiro atoms. The van der Waals surface area contributed by atoms with Gasteiger partial charge in [0, 0.05) is 12.2 Å². The highest BCUT2D eigenvalue weighted by Crippen LogP contribution is 2.19. The van der Waals surface area contributed by atoms with Crippen LogP contribution < -0.4 is 5.32 Å². The molecule has 2 N–H and O–H groups in total. The van der Waals surface area contributed by atoms with Crippen molar-refractivity contribution in [3.8, 4) is 0 Å². The molecule has 1 unspecified atom stereocenters. The minimum atomic E-state index is -0.403. The van der Waals surface area contributed by atoms with Gasteiger partial charge in [-0.15, -0.1) is 0 Å². The lowest BCUT2D eigenvalue weighted by molar-refractivity contribution is 0.171. The van der Waals surface area contributed by atoms with Gasteiger partial charge in [-0.25, -0.2) is 0 Å². The van der Waals surface area contributed by atoms with Crippen molar-refractivity contribution in [1.29, 1.82) is 0 Å². The highest BCUT2D eigenvalue weighted by molar-refractivity contribution is 5.51. The zero-order valence-corrected chi connectivity index (χ0v) is 11.6. The summed E-state index contributed by atoms with van der Waals surface area (Å²) in [7, 11) is 0. The highest BCUT2D eigenvalue weighted by Gasteiger charge is 2.06. The quantitative estimate of drug-likeness (QED) is 0.850. The molecule has 2 aromatic rings. The van der Waals surface area contributed by atoms with Crippen LogP contribution in [-0.4, -0.2) is 11.7 Å². The highest BCUT2D eigenvalue weighted by atomic mass is 16.3. The normalized spacial score (nSPS) is 12.2. The minimum absolute atomic E-state index is 0.403. The third kappa shape index (κ3) is 3.83. The topological polar surface area (TPSA) is 32.3 Å². The van der Waals surface area contributed by atoms with Crippen LogP contribution in [0.15, 0.2) is 48.5 Å². The Morgan fingerprint density at radius 2 is 1.79 bits per heavy atom. The summed E-state index contributed by atoms with van der Waals surface area (Å²) in [6.45, 7) is 4.96. The zero-order valence-electron chi connectivity index (χ0n) is 11.6. The van der Waals surface area contributed by atoms with Crippen LogP contribution >= 0.6 is 0 Å². The number of nitrogens with one attached hydrogen (secondary N) is 1. The largest absolute Gasteiger partial charge is 0.388 e. The number of aliphatic hydroxyl groups is 1. The van der Waals surface area contributed by atoms with Crippen molar-refractivity contribution in [2.24, 2.45) is 0 Å². The molecule has 0 saturated heterocycles. The average molecular weight is 255 g/mol. The summed E-state index contributed by atoms with van der Waals surface area (Å²) >= 11 is 0. The van der Waals surface area contributed by atoms with E-state index in [2.05, 4.69) is 37.4 Å². The number of rotatable bonds is 5. The Labute approximate surface area is 115 Å². The number of aryl methyl sites for hydroxylation is 2. The summed E-state index contributed by atoms with van der Waals surface area (Å²) in [4.78, 5) is 0. The molecule has 0 aliphatic carbocycles. The van der Waals surface area contributed by atoms with Gasteiger partial charge >= 0.3 is 0 Å². The predicted octanol–water partition coefficient (Wildman–Crippen LogP) is 3.84. The van der Waals surface area contributed by atoms with E-state index in [-0.39, 0.29) is 0 Å². The van der Waals surface area contributed by atoms with Crippen LogP contribution in [0.4, 0.5) is 5.69 Å². The number of benzene rings is 2. The van der Waals surface area contributed by atoms with Gasteiger partial charge in [0.05, 0.1) is 6.10 Å². The van der Waals surface area contributed by atoms with Gasteiger partial charge < -0.3 is 10.4 Å². The van der Waals surface area contributed by atoms with Gasteiger partial charge in [0.1, 0.15) is 0 Å². The van der Waals surface area contributed by atoms with Crippen molar-refractivity contribution in [1.82, 2.24) is 0 Å². The molecule has 2 rings (SSSR count). The first-order valence-electron chi connectivity index (χ1n) is 6.71. The van der Waals surface area contributed by atoms with Crippen molar-refractivity contribution < 1.29 is 5.11 Å². The van der Waals surface area contributed by atoms with Crippen LogP contribution in [0.1, 0.15) is 29.2 Å². The van der Waals surface area contributed by atoms with Gasteiger partial charge in [0.25, 0.3) is 0 Å². The lowest BCUT2D eigenvalue weighted by Gasteiger charge is -2.14. The third-order valence-corrected chi connectivity index (χ3v) is 3.30. The minimum Gasteiger partial charge on any atom is -0.388 e. The summed E-state index contributed by atoms with van der Waals surface area (Å²) in [5.74, 6) is 0. The van der Waals surface area contributed by atoms with E-state index in [0.717, 1.165) is 17.8 Å². The third-order valence-electron chi connectivity index (χ3n) is 3.30. The first-order chi connectivity index (χ1) is 9.16. The SMILES string of the molecule is Cc1ccc(NCCC(O)c2ccccc2)c(C)c1. The molecule has 0 aliphatic heterocycles. The Morgan fingerprint density at radius 3 is 2.47 bits per heavy atom. The monoisotopic (exact) mass is 255 g/mol. The van der Waals surface area contributed by atoms with E-state index in [1.54, 1.807) is 0 Å². The van der Waals surface area contributed by atoms with Gasteiger partial charge in [0.15, 0.2) is 0 Å². The van der Waals surface area contributed by atoms with E-state index < -0.39 is 6.10 Å². The maximum absolute atomic E-state index is 10.1. The molecular weight excluding hydrogens is 234 g/mol. The predicted molar refractivity (Wildman–Crippen MR) is 80.4 cm³/mol. The summed E-state index contributed by atoms with van der Waals surface area (Å²) in [5.41, 5.74) is 4.64. The Morgan fingerprint density at radius 1 is 1.05 bits per heavy atom. The van der Waals surface area contributed by atoms with E-state index in [1.165, 1.54) is 11.1 Å². The molecule has 100 valence electrons. The zero-order chi connectivity index (χ0) is 13.7. The summed E-state index contributed by atoms with van der Waals surface area (Å²) in [5, 5.41) is 13.5. The Balaban J connectivity index is 1.86. The molecule has 0 radical (unpaired) electrons. The lowest BCUT2D eigenvalue weighted by Crippen LogP contribution is -2.08. The van der Waals surface area contributed by atoms with E-state index in [9.17, 15) is 5.11 Å². The van der Waals surface area contributed by atoms with Gasteiger partial charge in [-0.05, 0) is 37.5 Å². The molecule has 0 heterocycles. The maximum atomic E-state index is 10.1. The first kappa shape index (κ1) is 13.6. The average Bonchev–Trinajstić information content (AvgIpc) is 2.42. The van der Waals surface area contributed by atoms with Crippen LogP contribution in [0.5, 0.6) is 0 Å². The van der Waals surface area contributed by atoms with Crippen LogP contribution in [0.3, 0.4) is 0 Å². The molecular formula is C17H21NO. The molecule has 0 fully saturated rings. The van der Waals surface area contributed by atoms with Gasteiger partial charge in [-0.3, -0.25) is 0 Å². The number of anilines is 1. The molecule has 19 heavy (non-hydrogen) atoms. The Bertz CT molecular complexity index is 522. The van der Waals surface area contributed by atoms with Gasteiger partial charge in [0.2, 0.25) is 0 Å². The summed E-state index contributed by atoms with van der Waals surface area (Å²) in [6.07, 6.45) is 0.302. The fourth-order valence-corrected chi connectivity index (χ4v) is 2.20. The van der Waals surface area contributed by atoms with Gasteiger partial charge in [-0.2, -0.15) is 0 Å². The standard InChI is InChI=1S/C17H21NO/c1-13-8-9-16(14(2)12-13)18-11-10-17(19)15-6-4-3-5-7-15/h3-9,12,17-19H,10-11H2,1-2H3. The maximum Gasteiger partial charge on any atom is 0.0806 e. The molecule has 0 aliphatic rings. The van der Waals surface area contributed by atoms with Crippen molar-refractivity contribution in [2.75, 3.05) is 11.9 Å². The van der Waals surface area contributed by atoms with Gasteiger partial charge in [-0.1, -0.05) is 48.0 Å². The van der Waals surface area contributed by atoms with E-state index >= 15 is 0 Å². The number of hydrogen-bond acceptors (Lipinski definition) is 2. The smallest absolute Gasteiger partial charge is 0.0806 e. The van der Waals surface area contributed by atoms with Crippen molar-refractivity contribution >= 4 is 5.69 Å². The molecule has 2 nitrogen and oxygen atoms in total. The Kier molecular flexibility index (Phi) is 4.58. The Hall–Kier alpha value is -1.80. The second-order valence-electron chi connectivity index (χ2n) is 4.96. The molecule has 0 amide bonds. The van der Waals surface area contributed by atoms with Crippen LogP contribution in [0.2, 0.25) is 0 Å². The molecule has 2 aromatic carbocycles. The van der Waals surface area contributed by atoms with Crippen molar-refractivity contribution in [3.63, 3.8) is 0 Å². The fourth-order valence-electron chi connectivity index (χ4n) is 2.20. The second kappa shape index (κ2) is 6.39. The molecule has 0 saturated carbocycles. The van der Waals surface area contributed by atoms with Crippen LogP contribution in [-0.2, 0) is 0 Å². The van der Waals surface area contributed by atoms with E-state index in [4.69, 9.17) is 0 Å². The molecule has 2 heteroatoms. The van der Waals surface area contributed by atoms with Crippen molar-refractivity contribution in [3.05, 3.63) is 65.2 Å². The van der Waals surface area contributed by atoms with Crippen LogP contribution in [0, 0.1) is 13.8 Å². The first-order valence-corrected chi connectivity index (χ1v) is 6.71. The number of aliphatic hydroxyl groups excluding tert-OH is 1. The summed E-state index contributed by atoms with van der Waals surface area (Å²) in [6, 6.07) is 16.2. The number of hydrogen-bond donors (Lipinski definition) is 2. The fraction of sp³-hybridized carbons (Fsp3) is 0.294. The van der Waals surface area contributed by atoms with Crippen LogP contribution in [0.25, 0.3) is 0 Å². The lowest BCUT2D eigenvalue weighted by atomic mass is 10.1. The summed E-state index contributed by atoms with van der Waals surface area (Å²) < 4.78 is 0. The van der Waals surface area contributed by atoms with E-state index in [1.807, 2.05) is 30.3 Å². The molecule has 0 bridgehead atoms. The second-order valence-corrected chi connectivity index (χ2v) is 4.96. The van der Waals surface area contributed by atoms with E-state index in [0.29, 0.717) is 6.42 Å².